The lowest BCUT2D eigenvalue weighted by Gasteiger charge is -2.31. The van der Waals surface area contributed by atoms with Crippen molar-refractivity contribution in [3.8, 4) is 0 Å². The Balaban J connectivity index is 0.000000720. The minimum absolute atomic E-state index is 0. The number of allylic oxidation sites excluding steroid dienone is 2. The first-order valence-corrected chi connectivity index (χ1v) is 4.24. The van der Waals surface area contributed by atoms with E-state index in [-0.39, 0.29) is 17.8 Å². The van der Waals surface area contributed by atoms with Crippen LogP contribution in [0.15, 0.2) is 12.2 Å². The molecule has 1 N–H and O–H groups in total. The molecule has 0 aromatic heterocycles. The summed E-state index contributed by atoms with van der Waals surface area (Å²) >= 11 is 0. The quantitative estimate of drug-likeness (QED) is 0.620. The molecule has 1 fully saturated rings. The Morgan fingerprint density at radius 1 is 1.33 bits per heavy atom. The van der Waals surface area contributed by atoms with Gasteiger partial charge in [0.1, 0.15) is 0 Å². The van der Waals surface area contributed by atoms with Gasteiger partial charge in [0.05, 0.1) is 0 Å². The molecule has 3 heteroatoms. The molecule has 1 heterocycles. The van der Waals surface area contributed by atoms with E-state index in [0.717, 1.165) is 32.4 Å². The lowest BCUT2D eigenvalue weighted by atomic mass is 9.79. The van der Waals surface area contributed by atoms with Crippen LogP contribution in [0, 0.1) is 5.41 Å². The monoisotopic (exact) mass is 187 g/mol. The van der Waals surface area contributed by atoms with Gasteiger partial charge < -0.3 is 5.32 Å². The van der Waals surface area contributed by atoms with Crippen LogP contribution in [0.5, 0.6) is 0 Å². The highest BCUT2D eigenvalue weighted by molar-refractivity contribution is 5.93. The van der Waals surface area contributed by atoms with Gasteiger partial charge in [0.25, 0.3) is 0 Å². The summed E-state index contributed by atoms with van der Waals surface area (Å²) in [5.41, 5.74) is 0.252. The number of piperidine rings is 1. The fourth-order valence-corrected chi connectivity index (χ4v) is 2.00. The Labute approximate surface area is 78.8 Å². The van der Waals surface area contributed by atoms with Gasteiger partial charge in [-0.1, -0.05) is 6.08 Å². The summed E-state index contributed by atoms with van der Waals surface area (Å²) in [6, 6.07) is 0. The zero-order chi connectivity index (χ0) is 7.73. The van der Waals surface area contributed by atoms with Gasteiger partial charge in [-0.3, -0.25) is 4.79 Å². The fraction of sp³-hybridized carbons (Fsp3) is 0.667. The van der Waals surface area contributed by atoms with Crippen LogP contribution in [0.3, 0.4) is 0 Å². The van der Waals surface area contributed by atoms with E-state index in [1.165, 1.54) is 0 Å². The SMILES string of the molecule is Cl.O=C1C=CC2(CCNCC2)C1. The normalized spacial score (nSPS) is 25.8. The van der Waals surface area contributed by atoms with E-state index in [1.807, 2.05) is 0 Å². The van der Waals surface area contributed by atoms with Crippen LogP contribution >= 0.6 is 12.4 Å². The number of nitrogens with one attached hydrogen (secondary N) is 1. The summed E-state index contributed by atoms with van der Waals surface area (Å²) in [6.07, 6.45) is 6.90. The van der Waals surface area contributed by atoms with Crippen LogP contribution in [-0.2, 0) is 4.79 Å². The van der Waals surface area contributed by atoms with Gasteiger partial charge in [0.2, 0.25) is 0 Å². The fourth-order valence-electron chi connectivity index (χ4n) is 2.00. The van der Waals surface area contributed by atoms with Crippen molar-refractivity contribution >= 4 is 18.2 Å². The molecule has 0 amide bonds. The smallest absolute Gasteiger partial charge is 0.156 e. The largest absolute Gasteiger partial charge is 0.317 e. The molecule has 0 aromatic rings. The maximum atomic E-state index is 11.0. The van der Waals surface area contributed by atoms with Crippen LogP contribution in [0.25, 0.3) is 0 Å². The average molecular weight is 188 g/mol. The predicted molar refractivity (Wildman–Crippen MR) is 50.5 cm³/mol. The summed E-state index contributed by atoms with van der Waals surface area (Å²) in [7, 11) is 0. The van der Waals surface area contributed by atoms with Gasteiger partial charge in [-0.25, -0.2) is 0 Å². The van der Waals surface area contributed by atoms with Crippen molar-refractivity contribution in [2.24, 2.45) is 5.41 Å². The second kappa shape index (κ2) is 3.58. The second-order valence-corrected chi connectivity index (χ2v) is 3.59. The lowest BCUT2D eigenvalue weighted by molar-refractivity contribution is -0.115. The summed E-state index contributed by atoms with van der Waals surface area (Å²) < 4.78 is 0. The summed E-state index contributed by atoms with van der Waals surface area (Å²) in [5.74, 6) is 0.312. The van der Waals surface area contributed by atoms with Gasteiger partial charge in [-0.05, 0) is 37.4 Å². The van der Waals surface area contributed by atoms with Gasteiger partial charge in [-0.15, -0.1) is 12.4 Å². The van der Waals surface area contributed by atoms with E-state index >= 15 is 0 Å². The molecule has 1 aliphatic carbocycles. The third kappa shape index (κ3) is 1.70. The standard InChI is InChI=1S/C9H13NO.ClH/c11-8-1-2-9(7-8)3-5-10-6-4-9;/h1-2,10H,3-7H2;1H. The van der Waals surface area contributed by atoms with Crippen molar-refractivity contribution in [3.63, 3.8) is 0 Å². The van der Waals surface area contributed by atoms with Gasteiger partial charge >= 0.3 is 0 Å². The minimum atomic E-state index is 0. The van der Waals surface area contributed by atoms with Crippen molar-refractivity contribution in [2.45, 2.75) is 19.3 Å². The number of rotatable bonds is 0. The molecule has 2 rings (SSSR count). The maximum absolute atomic E-state index is 11.0. The molecular formula is C9H14ClNO. The number of hydrogen-bond acceptors (Lipinski definition) is 2. The number of carbonyl (C=O) groups is 1. The van der Waals surface area contributed by atoms with E-state index in [1.54, 1.807) is 6.08 Å². The van der Waals surface area contributed by atoms with Crippen molar-refractivity contribution < 1.29 is 4.79 Å². The van der Waals surface area contributed by atoms with Gasteiger partial charge in [0, 0.05) is 6.42 Å². The predicted octanol–water partition coefficient (Wildman–Crippen LogP) is 1.31. The van der Waals surface area contributed by atoms with Crippen LogP contribution in [0.1, 0.15) is 19.3 Å². The third-order valence-electron chi connectivity index (χ3n) is 2.75. The van der Waals surface area contributed by atoms with E-state index in [4.69, 9.17) is 0 Å². The molecule has 0 bridgehead atoms. The molecular weight excluding hydrogens is 174 g/mol. The molecule has 2 aliphatic rings. The van der Waals surface area contributed by atoms with Gasteiger partial charge in [-0.2, -0.15) is 0 Å². The number of carbonyl (C=O) groups excluding carboxylic acids is 1. The molecule has 0 aromatic carbocycles. The maximum Gasteiger partial charge on any atom is 0.156 e. The van der Waals surface area contributed by atoms with Crippen molar-refractivity contribution in [1.29, 1.82) is 0 Å². The Morgan fingerprint density at radius 2 is 2.00 bits per heavy atom. The van der Waals surface area contributed by atoms with Crippen molar-refractivity contribution in [1.82, 2.24) is 5.32 Å². The van der Waals surface area contributed by atoms with Crippen molar-refractivity contribution in [3.05, 3.63) is 12.2 Å². The number of hydrogen-bond donors (Lipinski definition) is 1. The summed E-state index contributed by atoms with van der Waals surface area (Å²) in [6.45, 7) is 2.13. The average Bonchev–Trinajstić information content (AvgIpc) is 2.34. The van der Waals surface area contributed by atoms with Gasteiger partial charge in [0.15, 0.2) is 5.78 Å². The summed E-state index contributed by atoms with van der Waals surface area (Å²) in [4.78, 5) is 11.0. The summed E-state index contributed by atoms with van der Waals surface area (Å²) in [5, 5.41) is 3.31. The highest BCUT2D eigenvalue weighted by Crippen LogP contribution is 2.38. The second-order valence-electron chi connectivity index (χ2n) is 3.59. The number of halogens is 1. The van der Waals surface area contributed by atoms with Crippen molar-refractivity contribution in [2.75, 3.05) is 13.1 Å². The molecule has 0 unspecified atom stereocenters. The zero-order valence-corrected chi connectivity index (χ0v) is 7.82. The molecule has 2 nitrogen and oxygen atoms in total. The Hall–Kier alpha value is -0.340. The first kappa shape index (κ1) is 9.75. The number of ketones is 1. The van der Waals surface area contributed by atoms with E-state index in [0.29, 0.717) is 5.78 Å². The van der Waals surface area contributed by atoms with E-state index in [9.17, 15) is 4.79 Å². The molecule has 0 saturated carbocycles. The Morgan fingerprint density at radius 3 is 2.50 bits per heavy atom. The molecule has 0 radical (unpaired) electrons. The molecule has 1 aliphatic heterocycles. The van der Waals surface area contributed by atoms with Crippen LogP contribution in [0.4, 0.5) is 0 Å². The molecule has 1 saturated heterocycles. The molecule has 68 valence electrons. The lowest BCUT2D eigenvalue weighted by Crippen LogP contribution is -2.34. The molecule has 1 spiro atoms. The van der Waals surface area contributed by atoms with Crippen LogP contribution < -0.4 is 5.32 Å². The Bertz CT molecular complexity index is 207. The first-order chi connectivity index (χ1) is 5.31. The molecule has 0 atom stereocenters. The Kier molecular flexibility index (Phi) is 2.91. The third-order valence-corrected chi connectivity index (χ3v) is 2.75. The highest BCUT2D eigenvalue weighted by atomic mass is 35.5. The molecule has 12 heavy (non-hydrogen) atoms. The first-order valence-electron chi connectivity index (χ1n) is 4.24. The highest BCUT2D eigenvalue weighted by Gasteiger charge is 2.34. The van der Waals surface area contributed by atoms with E-state index in [2.05, 4.69) is 11.4 Å². The topological polar surface area (TPSA) is 29.1 Å². The minimum Gasteiger partial charge on any atom is -0.317 e. The van der Waals surface area contributed by atoms with E-state index < -0.39 is 0 Å². The van der Waals surface area contributed by atoms with Crippen LogP contribution in [-0.4, -0.2) is 18.9 Å². The van der Waals surface area contributed by atoms with Crippen LogP contribution in [0.2, 0.25) is 0 Å². The zero-order valence-electron chi connectivity index (χ0n) is 7.01.